The summed E-state index contributed by atoms with van der Waals surface area (Å²) in [6, 6.07) is 12.7. The van der Waals surface area contributed by atoms with Crippen LogP contribution in [0.2, 0.25) is 0 Å². The quantitative estimate of drug-likeness (QED) is 0.665. The normalized spacial score (nSPS) is 18.1. The minimum absolute atomic E-state index is 0.0142. The molecule has 0 fully saturated rings. The molecule has 0 radical (unpaired) electrons. The fourth-order valence-electron chi connectivity index (χ4n) is 3.24. The number of halogens is 1. The summed E-state index contributed by atoms with van der Waals surface area (Å²) in [6.45, 7) is 1.76. The van der Waals surface area contributed by atoms with Crippen LogP contribution in [0.5, 0.6) is 0 Å². The van der Waals surface area contributed by atoms with Gasteiger partial charge in [0.25, 0.3) is 5.91 Å². The smallest absolute Gasteiger partial charge is 0.311 e. The number of benzene rings is 2. The van der Waals surface area contributed by atoms with E-state index in [1.54, 1.807) is 24.3 Å². The molecule has 0 unspecified atom stereocenters. The zero-order valence-corrected chi connectivity index (χ0v) is 17.6. The van der Waals surface area contributed by atoms with Crippen LogP contribution < -0.4 is 16.0 Å². The number of anilines is 2. The average molecular weight is 471 g/mol. The van der Waals surface area contributed by atoms with Crippen LogP contribution >= 0.6 is 27.7 Å². The number of fused-ring (bicyclic) bond motifs is 1. The molecule has 2 aromatic carbocycles. The zero-order valence-electron chi connectivity index (χ0n) is 15.2. The minimum atomic E-state index is -0.468. The Morgan fingerprint density at radius 2 is 2.03 bits per heavy atom. The molecule has 9 heteroatoms. The van der Waals surface area contributed by atoms with E-state index in [4.69, 9.17) is 5.73 Å². The average Bonchev–Trinajstić information content (AvgIpc) is 3.10. The zero-order chi connectivity index (χ0) is 20.7. The number of nitrogens with two attached hydrogens (primary N) is 1. The lowest BCUT2D eigenvalue weighted by atomic mass is 10.1. The predicted molar refractivity (Wildman–Crippen MR) is 118 cm³/mol. The molecule has 0 aromatic heterocycles. The number of rotatable bonds is 3. The minimum Gasteiger partial charge on any atom is -0.383 e. The van der Waals surface area contributed by atoms with Gasteiger partial charge in [0.15, 0.2) is 0 Å². The Balaban J connectivity index is 1.68. The molecule has 0 saturated carbocycles. The van der Waals surface area contributed by atoms with Crippen LogP contribution in [0.1, 0.15) is 11.1 Å². The lowest BCUT2D eigenvalue weighted by molar-refractivity contribution is -0.118. The second kappa shape index (κ2) is 7.49. The van der Waals surface area contributed by atoms with Crippen molar-refractivity contribution in [3.8, 4) is 0 Å². The van der Waals surface area contributed by atoms with Crippen LogP contribution in [-0.2, 0) is 9.59 Å². The van der Waals surface area contributed by atoms with Crippen LogP contribution in [0.15, 0.2) is 56.8 Å². The summed E-state index contributed by atoms with van der Waals surface area (Å²) in [7, 11) is 0. The van der Waals surface area contributed by atoms with Crippen molar-refractivity contribution in [2.24, 2.45) is 10.7 Å². The van der Waals surface area contributed by atoms with Gasteiger partial charge >= 0.3 is 5.24 Å². The molecule has 4 rings (SSSR count). The van der Waals surface area contributed by atoms with E-state index in [2.05, 4.69) is 26.2 Å². The van der Waals surface area contributed by atoms with Gasteiger partial charge in [-0.2, -0.15) is 4.99 Å². The molecule has 0 atom stereocenters. The first-order chi connectivity index (χ1) is 13.8. The lowest BCUT2D eigenvalue weighted by Gasteiger charge is -2.17. The van der Waals surface area contributed by atoms with Crippen LogP contribution in [0.4, 0.5) is 16.2 Å². The van der Waals surface area contributed by atoms with Gasteiger partial charge in [-0.1, -0.05) is 28.1 Å². The second-order valence-corrected chi connectivity index (χ2v) is 8.42. The third-order valence-electron chi connectivity index (χ3n) is 4.44. The highest BCUT2D eigenvalue weighted by Crippen LogP contribution is 2.43. The van der Waals surface area contributed by atoms with E-state index in [1.165, 1.54) is 4.90 Å². The van der Waals surface area contributed by atoms with Crippen molar-refractivity contribution in [1.82, 2.24) is 0 Å². The van der Waals surface area contributed by atoms with Crippen molar-refractivity contribution in [3.63, 3.8) is 0 Å². The van der Waals surface area contributed by atoms with E-state index in [9.17, 15) is 14.4 Å². The largest absolute Gasteiger partial charge is 0.383 e. The Labute approximate surface area is 179 Å². The van der Waals surface area contributed by atoms with Gasteiger partial charge in [0.1, 0.15) is 12.4 Å². The molecule has 0 aliphatic carbocycles. The number of aliphatic imine (C=N–C) groups is 1. The van der Waals surface area contributed by atoms with Crippen LogP contribution in [-0.4, -0.2) is 29.4 Å². The van der Waals surface area contributed by atoms with Crippen LogP contribution in [0.25, 0.3) is 5.57 Å². The first-order valence-corrected chi connectivity index (χ1v) is 10.2. The lowest BCUT2D eigenvalue weighted by Crippen LogP contribution is -2.35. The Morgan fingerprint density at radius 3 is 2.72 bits per heavy atom. The van der Waals surface area contributed by atoms with Crippen LogP contribution in [0, 0.1) is 6.92 Å². The SMILES string of the molecule is Cc1cccc(NC(=O)CN2C(=O)/C(=C3/SC(=O)N=C3N)c3cc(Br)ccc32)c1. The highest BCUT2D eigenvalue weighted by Gasteiger charge is 2.38. The van der Waals surface area contributed by atoms with Crippen molar-refractivity contribution >= 4 is 67.5 Å². The van der Waals surface area contributed by atoms with Gasteiger partial charge in [-0.3, -0.25) is 19.3 Å². The Bertz CT molecular complexity index is 1140. The van der Waals surface area contributed by atoms with Gasteiger partial charge in [-0.15, -0.1) is 0 Å². The summed E-state index contributed by atoms with van der Waals surface area (Å²) in [5.74, 6) is -0.714. The van der Waals surface area contributed by atoms with E-state index in [-0.39, 0.29) is 23.9 Å². The van der Waals surface area contributed by atoms with Gasteiger partial charge in [-0.25, -0.2) is 0 Å². The van der Waals surface area contributed by atoms with Gasteiger partial charge < -0.3 is 11.1 Å². The third-order valence-corrected chi connectivity index (χ3v) is 5.82. The highest BCUT2D eigenvalue weighted by atomic mass is 79.9. The van der Waals surface area contributed by atoms with Gasteiger partial charge in [0.05, 0.1) is 16.2 Å². The Kier molecular flexibility index (Phi) is 5.01. The number of amidine groups is 1. The summed E-state index contributed by atoms with van der Waals surface area (Å²) in [5.41, 5.74) is 8.99. The maximum atomic E-state index is 13.2. The molecule has 2 aliphatic heterocycles. The molecular formula is C20H15BrN4O3S. The van der Waals surface area contributed by atoms with E-state index < -0.39 is 11.1 Å². The standard InChI is InChI=1S/C20H15BrN4O3S/c1-10-3-2-4-12(7-10)23-15(26)9-25-14-6-5-11(21)8-13(14)16(19(25)27)17-18(22)24-20(28)29-17/h2-8H,9H2,1H3,(H,23,26)(H2,22,24,28)/b17-16+. The molecule has 3 N–H and O–H groups in total. The van der Waals surface area contributed by atoms with Crippen molar-refractivity contribution in [2.75, 3.05) is 16.8 Å². The topological polar surface area (TPSA) is 105 Å². The van der Waals surface area contributed by atoms with Gasteiger partial charge in [-0.05, 0) is 54.6 Å². The molecule has 29 heavy (non-hydrogen) atoms. The first kappa shape index (κ1) is 19.4. The second-order valence-electron chi connectivity index (χ2n) is 6.54. The summed E-state index contributed by atoms with van der Waals surface area (Å²) in [6.07, 6.45) is 0. The maximum Gasteiger partial charge on any atom is 0.311 e. The first-order valence-electron chi connectivity index (χ1n) is 8.62. The van der Waals surface area contributed by atoms with Crippen LogP contribution in [0.3, 0.4) is 0 Å². The Hall–Kier alpha value is -2.91. The van der Waals surface area contributed by atoms with E-state index >= 15 is 0 Å². The van der Waals surface area contributed by atoms with E-state index in [1.807, 2.05) is 25.1 Å². The number of hydrogen-bond acceptors (Lipinski definition) is 5. The number of aryl methyl sites for hydroxylation is 1. The number of hydrogen-bond donors (Lipinski definition) is 2. The fraction of sp³-hybridized carbons (Fsp3) is 0.100. The highest BCUT2D eigenvalue weighted by molar-refractivity contribution is 9.10. The Morgan fingerprint density at radius 1 is 1.24 bits per heavy atom. The summed E-state index contributed by atoms with van der Waals surface area (Å²) < 4.78 is 0.762. The third kappa shape index (κ3) is 3.70. The molecule has 0 saturated heterocycles. The number of carbonyl (C=O) groups is 3. The molecule has 0 spiro atoms. The molecule has 2 aliphatic rings. The van der Waals surface area contributed by atoms with Crippen molar-refractivity contribution < 1.29 is 14.4 Å². The monoisotopic (exact) mass is 470 g/mol. The van der Waals surface area contributed by atoms with E-state index in [0.29, 0.717) is 21.8 Å². The maximum absolute atomic E-state index is 13.2. The molecule has 0 bridgehead atoms. The molecular weight excluding hydrogens is 456 g/mol. The number of nitrogens with zero attached hydrogens (tertiary/aromatic N) is 2. The molecule has 3 amide bonds. The van der Waals surface area contributed by atoms with Gasteiger partial charge in [0, 0.05) is 15.7 Å². The number of thioether (sulfide) groups is 1. The van der Waals surface area contributed by atoms with Crippen molar-refractivity contribution in [3.05, 3.63) is 63.0 Å². The number of amides is 3. The van der Waals surface area contributed by atoms with E-state index in [0.717, 1.165) is 21.8 Å². The number of carbonyl (C=O) groups excluding carboxylic acids is 3. The summed E-state index contributed by atoms with van der Waals surface area (Å²) in [4.78, 5) is 42.9. The summed E-state index contributed by atoms with van der Waals surface area (Å²) in [5, 5.41) is 2.34. The molecule has 7 nitrogen and oxygen atoms in total. The molecule has 2 aromatic rings. The molecule has 2 heterocycles. The molecule has 146 valence electrons. The van der Waals surface area contributed by atoms with Gasteiger partial charge in [0.2, 0.25) is 5.91 Å². The number of nitrogens with one attached hydrogen (secondary N) is 1. The van der Waals surface area contributed by atoms with Crippen molar-refractivity contribution in [1.29, 1.82) is 0 Å². The summed E-state index contributed by atoms with van der Waals surface area (Å²) >= 11 is 4.22. The van der Waals surface area contributed by atoms with Crippen molar-refractivity contribution in [2.45, 2.75) is 6.92 Å². The fourth-order valence-corrected chi connectivity index (χ4v) is 4.37. The predicted octanol–water partition coefficient (Wildman–Crippen LogP) is 3.68.